The Balaban J connectivity index is 3.41. The topological polar surface area (TPSA) is 0 Å². The second-order valence-electron chi connectivity index (χ2n) is 3.16. The SMILES string of the molecule is Fc1ccc(C(F)(C(F)(F)F)C(F)(F)F)cc1. The van der Waals surface area contributed by atoms with Crippen LogP contribution in [0.1, 0.15) is 5.56 Å². The minimum absolute atomic E-state index is 0.107. The van der Waals surface area contributed by atoms with E-state index < -0.39 is 29.4 Å². The molecule has 0 aliphatic carbocycles. The first-order chi connectivity index (χ1) is 7.50. The lowest BCUT2D eigenvalue weighted by Crippen LogP contribution is -2.50. The highest BCUT2D eigenvalue weighted by atomic mass is 19.4. The van der Waals surface area contributed by atoms with E-state index in [0.29, 0.717) is 12.1 Å². The molecule has 0 aliphatic heterocycles. The summed E-state index contributed by atoms with van der Waals surface area (Å²) in [6.45, 7) is 0. The molecular formula is C9H4F8. The third-order valence-corrected chi connectivity index (χ3v) is 2.02. The van der Waals surface area contributed by atoms with Gasteiger partial charge in [-0.1, -0.05) is 12.1 Å². The first-order valence-corrected chi connectivity index (χ1v) is 4.08. The molecule has 0 N–H and O–H groups in total. The Labute approximate surface area is 89.9 Å². The molecule has 0 nitrogen and oxygen atoms in total. The molecule has 0 aliphatic rings. The van der Waals surface area contributed by atoms with Crippen molar-refractivity contribution in [2.45, 2.75) is 18.0 Å². The molecule has 0 fully saturated rings. The number of hydrogen-bond donors (Lipinski definition) is 0. The monoisotopic (exact) mass is 264 g/mol. The van der Waals surface area contributed by atoms with Crippen LogP contribution in [0.3, 0.4) is 0 Å². The van der Waals surface area contributed by atoms with Crippen LogP contribution in [0.4, 0.5) is 35.1 Å². The maximum atomic E-state index is 13.3. The third-order valence-electron chi connectivity index (χ3n) is 2.02. The summed E-state index contributed by atoms with van der Waals surface area (Å²) in [6, 6.07) is 0.856. The van der Waals surface area contributed by atoms with E-state index >= 15 is 0 Å². The zero-order valence-corrected chi connectivity index (χ0v) is 7.83. The zero-order chi connectivity index (χ0) is 13.5. The fourth-order valence-electron chi connectivity index (χ4n) is 1.17. The summed E-state index contributed by atoms with van der Waals surface area (Å²) in [5.41, 5.74) is -7.22. The predicted molar refractivity (Wildman–Crippen MR) is 41.3 cm³/mol. The van der Waals surface area contributed by atoms with Crippen molar-refractivity contribution in [3.8, 4) is 0 Å². The summed E-state index contributed by atoms with van der Waals surface area (Å²) in [5.74, 6) is -1.07. The van der Waals surface area contributed by atoms with Crippen molar-refractivity contribution in [1.29, 1.82) is 0 Å². The van der Waals surface area contributed by atoms with Crippen molar-refractivity contribution in [3.05, 3.63) is 35.6 Å². The lowest BCUT2D eigenvalue weighted by Gasteiger charge is -2.30. The first kappa shape index (κ1) is 13.7. The molecule has 0 saturated carbocycles. The fourth-order valence-corrected chi connectivity index (χ4v) is 1.17. The average molecular weight is 264 g/mol. The number of halogens is 8. The Morgan fingerprint density at radius 1 is 0.647 bits per heavy atom. The molecule has 0 amide bonds. The van der Waals surface area contributed by atoms with Gasteiger partial charge in [0, 0.05) is 5.56 Å². The van der Waals surface area contributed by atoms with E-state index in [2.05, 4.69) is 0 Å². The quantitative estimate of drug-likeness (QED) is 0.669. The molecule has 96 valence electrons. The van der Waals surface area contributed by atoms with Gasteiger partial charge in [0.05, 0.1) is 0 Å². The number of alkyl halides is 7. The van der Waals surface area contributed by atoms with Crippen molar-refractivity contribution in [2.75, 3.05) is 0 Å². The Morgan fingerprint density at radius 3 is 1.29 bits per heavy atom. The van der Waals surface area contributed by atoms with Crippen molar-refractivity contribution >= 4 is 0 Å². The lowest BCUT2D eigenvalue weighted by molar-refractivity contribution is -0.348. The van der Waals surface area contributed by atoms with Crippen LogP contribution in [0, 0.1) is 5.82 Å². The Kier molecular flexibility index (Phi) is 3.11. The summed E-state index contributed by atoms with van der Waals surface area (Å²) >= 11 is 0. The van der Waals surface area contributed by atoms with Crippen LogP contribution in [-0.2, 0) is 5.67 Å². The van der Waals surface area contributed by atoms with E-state index in [4.69, 9.17) is 0 Å². The molecule has 1 rings (SSSR count). The van der Waals surface area contributed by atoms with Crippen LogP contribution in [0.15, 0.2) is 24.3 Å². The number of hydrogen-bond acceptors (Lipinski definition) is 0. The fraction of sp³-hybridized carbons (Fsp3) is 0.333. The smallest absolute Gasteiger partial charge is 0.218 e. The van der Waals surface area contributed by atoms with Crippen molar-refractivity contribution in [1.82, 2.24) is 0 Å². The maximum Gasteiger partial charge on any atom is 0.435 e. The van der Waals surface area contributed by atoms with Gasteiger partial charge in [-0.2, -0.15) is 26.3 Å². The second-order valence-corrected chi connectivity index (χ2v) is 3.16. The Bertz CT molecular complexity index is 371. The van der Waals surface area contributed by atoms with Crippen LogP contribution < -0.4 is 0 Å². The molecular weight excluding hydrogens is 260 g/mol. The van der Waals surface area contributed by atoms with Gasteiger partial charge in [-0.3, -0.25) is 0 Å². The zero-order valence-electron chi connectivity index (χ0n) is 7.83. The summed E-state index contributed by atoms with van der Waals surface area (Å²) in [4.78, 5) is 0. The lowest BCUT2D eigenvalue weighted by atomic mass is 9.94. The molecule has 0 spiro atoms. The van der Waals surface area contributed by atoms with Crippen LogP contribution in [-0.4, -0.2) is 12.4 Å². The molecule has 0 atom stereocenters. The molecule has 0 bridgehead atoms. The molecule has 17 heavy (non-hydrogen) atoms. The van der Waals surface area contributed by atoms with Crippen LogP contribution >= 0.6 is 0 Å². The van der Waals surface area contributed by atoms with Crippen LogP contribution in [0.25, 0.3) is 0 Å². The van der Waals surface area contributed by atoms with Crippen LogP contribution in [0.2, 0.25) is 0 Å². The standard InChI is InChI=1S/C9H4F8/c10-6-3-1-5(2-4-6)7(11,8(12,13)14)9(15,16)17/h1-4H. The van der Waals surface area contributed by atoms with Crippen molar-refractivity contribution in [2.24, 2.45) is 0 Å². The minimum Gasteiger partial charge on any atom is -0.218 e. The summed E-state index contributed by atoms with van der Waals surface area (Å²) in [5, 5.41) is 0. The molecule has 0 unspecified atom stereocenters. The average Bonchev–Trinajstić information content (AvgIpc) is 2.14. The normalized spacial score (nSPS) is 13.9. The molecule has 8 heteroatoms. The Morgan fingerprint density at radius 2 is 1.00 bits per heavy atom. The van der Waals surface area contributed by atoms with Crippen molar-refractivity contribution < 1.29 is 35.1 Å². The largest absolute Gasteiger partial charge is 0.435 e. The molecule has 0 aromatic heterocycles. The molecule has 1 aromatic carbocycles. The molecule has 0 radical (unpaired) electrons. The summed E-state index contributed by atoms with van der Waals surface area (Å²) in [7, 11) is 0. The van der Waals surface area contributed by atoms with E-state index in [-0.39, 0.29) is 12.1 Å². The van der Waals surface area contributed by atoms with E-state index in [0.717, 1.165) is 0 Å². The van der Waals surface area contributed by atoms with Crippen LogP contribution in [0.5, 0.6) is 0 Å². The van der Waals surface area contributed by atoms with Gasteiger partial charge >= 0.3 is 18.0 Å². The second kappa shape index (κ2) is 3.85. The highest BCUT2D eigenvalue weighted by Gasteiger charge is 2.73. The van der Waals surface area contributed by atoms with Gasteiger partial charge in [0.1, 0.15) is 5.82 Å². The van der Waals surface area contributed by atoms with Gasteiger partial charge in [0.15, 0.2) is 0 Å². The predicted octanol–water partition coefficient (Wildman–Crippen LogP) is 4.12. The molecule has 0 saturated heterocycles. The van der Waals surface area contributed by atoms with Gasteiger partial charge in [0.25, 0.3) is 0 Å². The first-order valence-electron chi connectivity index (χ1n) is 4.08. The highest BCUT2D eigenvalue weighted by Crippen LogP contribution is 2.53. The number of rotatable bonds is 1. The molecule has 0 heterocycles. The maximum absolute atomic E-state index is 13.3. The molecule has 1 aromatic rings. The van der Waals surface area contributed by atoms with Gasteiger partial charge in [-0.15, -0.1) is 0 Å². The van der Waals surface area contributed by atoms with E-state index in [1.807, 2.05) is 0 Å². The van der Waals surface area contributed by atoms with E-state index in [1.54, 1.807) is 0 Å². The van der Waals surface area contributed by atoms with Gasteiger partial charge in [-0.05, 0) is 12.1 Å². The summed E-state index contributed by atoms with van der Waals surface area (Å²) in [6.07, 6.45) is -12.4. The number of benzene rings is 1. The Hall–Kier alpha value is -1.34. The third kappa shape index (κ3) is 2.20. The highest BCUT2D eigenvalue weighted by molar-refractivity contribution is 5.27. The van der Waals surface area contributed by atoms with Gasteiger partial charge in [-0.25, -0.2) is 8.78 Å². The van der Waals surface area contributed by atoms with Crippen molar-refractivity contribution in [3.63, 3.8) is 0 Å². The van der Waals surface area contributed by atoms with Gasteiger partial charge < -0.3 is 0 Å². The van der Waals surface area contributed by atoms with Gasteiger partial charge in [0.2, 0.25) is 0 Å². The summed E-state index contributed by atoms with van der Waals surface area (Å²) < 4.78 is 98.9. The minimum atomic E-state index is -6.18. The van der Waals surface area contributed by atoms with E-state index in [9.17, 15) is 35.1 Å². The van der Waals surface area contributed by atoms with E-state index in [1.165, 1.54) is 0 Å².